The molecule has 0 amide bonds. The first-order valence-corrected chi connectivity index (χ1v) is 8.67. The molecule has 0 radical (unpaired) electrons. The van der Waals surface area contributed by atoms with Crippen molar-refractivity contribution in [1.29, 1.82) is 0 Å². The lowest BCUT2D eigenvalue weighted by molar-refractivity contribution is 0.203. The van der Waals surface area contributed by atoms with Crippen molar-refractivity contribution in [2.24, 2.45) is 0 Å². The second-order valence-electron chi connectivity index (χ2n) is 4.94. The maximum atomic E-state index is 6.10. The first-order valence-electron chi connectivity index (χ1n) is 7.01. The maximum Gasteiger partial charge on any atom is 0.148 e. The SMILES string of the molecule is CCC(C)N(CCOC)c1snc(N)c1-c1csc(C)n1. The average Bonchev–Trinajstić information content (AvgIpc) is 3.05. The molecule has 0 saturated heterocycles. The van der Waals surface area contributed by atoms with Crippen LogP contribution in [0.25, 0.3) is 11.3 Å². The van der Waals surface area contributed by atoms with E-state index in [1.54, 1.807) is 18.4 Å². The van der Waals surface area contributed by atoms with Crippen LogP contribution in [0.1, 0.15) is 25.3 Å². The molecule has 116 valence electrons. The molecular weight excluding hydrogens is 304 g/mol. The molecule has 0 spiro atoms. The number of nitrogens with two attached hydrogens (primary N) is 1. The summed E-state index contributed by atoms with van der Waals surface area (Å²) in [4.78, 5) is 6.89. The number of nitrogens with zero attached hydrogens (tertiary/aromatic N) is 3. The Morgan fingerprint density at radius 1 is 1.48 bits per heavy atom. The second kappa shape index (κ2) is 7.20. The van der Waals surface area contributed by atoms with Crippen LogP contribution in [0.3, 0.4) is 0 Å². The highest BCUT2D eigenvalue weighted by Gasteiger charge is 2.23. The number of rotatable bonds is 7. The molecule has 2 rings (SSSR count). The summed E-state index contributed by atoms with van der Waals surface area (Å²) in [5.74, 6) is 0.561. The zero-order valence-corrected chi connectivity index (χ0v) is 14.6. The van der Waals surface area contributed by atoms with Crippen molar-refractivity contribution in [2.45, 2.75) is 33.2 Å². The molecule has 7 heteroatoms. The zero-order valence-electron chi connectivity index (χ0n) is 12.9. The fraction of sp³-hybridized carbons (Fsp3) is 0.571. The van der Waals surface area contributed by atoms with E-state index < -0.39 is 0 Å². The lowest BCUT2D eigenvalue weighted by Gasteiger charge is -2.29. The van der Waals surface area contributed by atoms with Gasteiger partial charge in [0, 0.05) is 25.1 Å². The molecule has 0 aliphatic heterocycles. The van der Waals surface area contributed by atoms with Crippen LogP contribution in [-0.2, 0) is 4.74 Å². The van der Waals surface area contributed by atoms with Gasteiger partial charge in [-0.05, 0) is 31.8 Å². The number of hydrogen-bond donors (Lipinski definition) is 1. The van der Waals surface area contributed by atoms with Crippen molar-refractivity contribution in [2.75, 3.05) is 30.9 Å². The minimum absolute atomic E-state index is 0.401. The molecule has 2 heterocycles. The van der Waals surface area contributed by atoms with Gasteiger partial charge in [0.05, 0.1) is 22.9 Å². The molecule has 1 atom stereocenters. The van der Waals surface area contributed by atoms with Crippen LogP contribution >= 0.6 is 22.9 Å². The lowest BCUT2D eigenvalue weighted by Crippen LogP contribution is -2.35. The van der Waals surface area contributed by atoms with Crippen molar-refractivity contribution in [3.63, 3.8) is 0 Å². The molecule has 0 fully saturated rings. The standard InChI is InChI=1S/C14H22N4OS2/c1-5-9(2)18(6-7-19-4)14-12(13(15)17-21-14)11-8-20-10(3)16-11/h8-9H,5-7H2,1-4H3,(H2,15,17). The molecule has 21 heavy (non-hydrogen) atoms. The van der Waals surface area contributed by atoms with Gasteiger partial charge in [0.1, 0.15) is 10.8 Å². The minimum atomic E-state index is 0.401. The van der Waals surface area contributed by atoms with Gasteiger partial charge in [-0.25, -0.2) is 4.98 Å². The topological polar surface area (TPSA) is 64.3 Å². The molecule has 0 aromatic carbocycles. The van der Waals surface area contributed by atoms with Crippen molar-refractivity contribution >= 4 is 33.7 Å². The van der Waals surface area contributed by atoms with Crippen LogP contribution in [0.2, 0.25) is 0 Å². The summed E-state index contributed by atoms with van der Waals surface area (Å²) in [5, 5.41) is 4.17. The molecule has 0 aliphatic carbocycles. The van der Waals surface area contributed by atoms with Gasteiger partial charge in [0.2, 0.25) is 0 Å². The van der Waals surface area contributed by atoms with E-state index in [1.165, 1.54) is 11.5 Å². The third kappa shape index (κ3) is 3.53. The summed E-state index contributed by atoms with van der Waals surface area (Å²) < 4.78 is 9.59. The van der Waals surface area contributed by atoms with Crippen molar-refractivity contribution < 1.29 is 4.74 Å². The Hall–Kier alpha value is -1.18. The van der Waals surface area contributed by atoms with E-state index in [2.05, 4.69) is 28.1 Å². The largest absolute Gasteiger partial charge is 0.383 e. The summed E-state index contributed by atoms with van der Waals surface area (Å²) in [6.07, 6.45) is 1.05. The number of anilines is 2. The lowest BCUT2D eigenvalue weighted by atomic mass is 10.2. The summed E-state index contributed by atoms with van der Waals surface area (Å²) in [7, 11) is 1.72. The number of hydrogen-bond acceptors (Lipinski definition) is 7. The van der Waals surface area contributed by atoms with Crippen molar-refractivity contribution in [3.8, 4) is 11.3 Å². The minimum Gasteiger partial charge on any atom is -0.383 e. The quantitative estimate of drug-likeness (QED) is 0.844. The third-order valence-electron chi connectivity index (χ3n) is 3.50. The van der Waals surface area contributed by atoms with Gasteiger partial charge < -0.3 is 15.4 Å². The molecule has 5 nitrogen and oxygen atoms in total. The maximum absolute atomic E-state index is 6.10. The molecule has 1 unspecified atom stereocenters. The summed E-state index contributed by atoms with van der Waals surface area (Å²) in [6, 6.07) is 0.401. The third-order valence-corrected chi connectivity index (χ3v) is 5.17. The van der Waals surface area contributed by atoms with Gasteiger partial charge in [-0.3, -0.25) is 0 Å². The van der Waals surface area contributed by atoms with Crippen molar-refractivity contribution in [1.82, 2.24) is 9.36 Å². The predicted octanol–water partition coefficient (Wildman–Crippen LogP) is 3.41. The Morgan fingerprint density at radius 2 is 2.24 bits per heavy atom. The smallest absolute Gasteiger partial charge is 0.148 e. The fourth-order valence-corrected chi connectivity index (χ4v) is 3.70. The highest BCUT2D eigenvalue weighted by atomic mass is 32.1. The van der Waals surface area contributed by atoms with Crippen LogP contribution in [0.5, 0.6) is 0 Å². The van der Waals surface area contributed by atoms with Gasteiger partial charge in [-0.2, -0.15) is 4.37 Å². The summed E-state index contributed by atoms with van der Waals surface area (Å²) in [5.41, 5.74) is 7.98. The zero-order chi connectivity index (χ0) is 15.4. The van der Waals surface area contributed by atoms with Crippen molar-refractivity contribution in [3.05, 3.63) is 10.4 Å². The van der Waals surface area contributed by atoms with Gasteiger partial charge in [0.15, 0.2) is 0 Å². The monoisotopic (exact) mass is 326 g/mol. The van der Waals surface area contributed by atoms with E-state index in [0.29, 0.717) is 18.5 Å². The van der Waals surface area contributed by atoms with Gasteiger partial charge >= 0.3 is 0 Å². The molecule has 0 bridgehead atoms. The Labute approximate surface area is 133 Å². The van der Waals surface area contributed by atoms with Crippen LogP contribution < -0.4 is 10.6 Å². The van der Waals surface area contributed by atoms with Crippen LogP contribution in [0, 0.1) is 6.92 Å². The number of nitrogen functional groups attached to an aromatic ring is 1. The Balaban J connectivity index is 2.41. The van der Waals surface area contributed by atoms with E-state index >= 15 is 0 Å². The molecule has 0 aliphatic rings. The van der Waals surface area contributed by atoms with E-state index in [-0.39, 0.29) is 0 Å². The van der Waals surface area contributed by atoms with Crippen LogP contribution in [0.15, 0.2) is 5.38 Å². The van der Waals surface area contributed by atoms with Gasteiger partial charge in [0.25, 0.3) is 0 Å². The van der Waals surface area contributed by atoms with Crippen LogP contribution in [0.4, 0.5) is 10.8 Å². The molecule has 2 N–H and O–H groups in total. The molecule has 2 aromatic heterocycles. The van der Waals surface area contributed by atoms with Crippen LogP contribution in [-0.4, -0.2) is 35.7 Å². The molecule has 0 saturated carbocycles. The number of methoxy groups -OCH3 is 1. The average molecular weight is 326 g/mol. The van der Waals surface area contributed by atoms with Gasteiger partial charge in [-0.15, -0.1) is 11.3 Å². The number of thiazole rings is 1. The summed E-state index contributed by atoms with van der Waals surface area (Å²) in [6.45, 7) is 7.89. The first-order chi connectivity index (χ1) is 10.1. The number of ether oxygens (including phenoxy) is 1. The number of aryl methyl sites for hydroxylation is 1. The van der Waals surface area contributed by atoms with E-state index in [0.717, 1.165) is 34.2 Å². The molecule has 2 aromatic rings. The van der Waals surface area contributed by atoms with E-state index in [4.69, 9.17) is 10.5 Å². The Kier molecular flexibility index (Phi) is 5.55. The fourth-order valence-electron chi connectivity index (χ4n) is 2.14. The predicted molar refractivity (Wildman–Crippen MR) is 91.3 cm³/mol. The Bertz CT molecular complexity index is 581. The summed E-state index contributed by atoms with van der Waals surface area (Å²) >= 11 is 3.07. The Morgan fingerprint density at radius 3 is 2.81 bits per heavy atom. The normalized spacial score (nSPS) is 12.6. The van der Waals surface area contributed by atoms with E-state index in [1.807, 2.05) is 12.3 Å². The second-order valence-corrected chi connectivity index (χ2v) is 6.76. The number of aromatic nitrogens is 2. The van der Waals surface area contributed by atoms with Gasteiger partial charge in [-0.1, -0.05) is 6.92 Å². The van der Waals surface area contributed by atoms with E-state index in [9.17, 15) is 0 Å². The molecular formula is C14H22N4OS2. The highest BCUT2D eigenvalue weighted by molar-refractivity contribution is 7.11. The first kappa shape index (κ1) is 16.2. The highest BCUT2D eigenvalue weighted by Crippen LogP contribution is 2.40.